The van der Waals surface area contributed by atoms with Crippen molar-refractivity contribution in [2.75, 3.05) is 26.2 Å². The van der Waals surface area contributed by atoms with E-state index in [4.69, 9.17) is 0 Å². The van der Waals surface area contributed by atoms with E-state index in [-0.39, 0.29) is 23.9 Å². The van der Waals surface area contributed by atoms with Crippen molar-refractivity contribution in [2.24, 2.45) is 0 Å². The molecular weight excluding hydrogens is 306 g/mol. The second-order valence-electron chi connectivity index (χ2n) is 5.85. The van der Waals surface area contributed by atoms with Crippen LogP contribution in [0.3, 0.4) is 0 Å². The first kappa shape index (κ1) is 16.3. The molecule has 2 heterocycles. The lowest BCUT2D eigenvalue weighted by atomic mass is 10.1. The second kappa shape index (κ2) is 7.83. The first-order valence-corrected chi connectivity index (χ1v) is 8.21. The average Bonchev–Trinajstić information content (AvgIpc) is 3.27. The highest BCUT2D eigenvalue weighted by atomic mass is 16.2. The number of likely N-dealkylation sites (tertiary alicyclic amines) is 1. The fraction of sp³-hybridized carbons (Fsp3) is 0.412. The number of hydrogen-bond donors (Lipinski definition) is 1. The molecule has 1 aliphatic rings. The minimum absolute atomic E-state index is 0.0159. The van der Waals surface area contributed by atoms with Gasteiger partial charge in [0.25, 0.3) is 0 Å². The Morgan fingerprint density at radius 1 is 1.12 bits per heavy atom. The zero-order valence-electron chi connectivity index (χ0n) is 13.5. The highest BCUT2D eigenvalue weighted by Crippen LogP contribution is 2.06. The molecule has 1 aromatic carbocycles. The van der Waals surface area contributed by atoms with E-state index in [0.29, 0.717) is 12.1 Å². The monoisotopic (exact) mass is 327 g/mol. The topological polar surface area (TPSA) is 80.1 Å². The molecule has 24 heavy (non-hydrogen) atoms. The zero-order chi connectivity index (χ0) is 16.8. The molecule has 0 bridgehead atoms. The number of carbonyl (C=O) groups excluding carboxylic acids is 2. The molecule has 0 radical (unpaired) electrons. The molecule has 7 heteroatoms. The Balaban J connectivity index is 1.48. The lowest BCUT2D eigenvalue weighted by Gasteiger charge is -2.14. The molecule has 3 rings (SSSR count). The standard InChI is InChI=1S/C17H21N5O2/c23-16(18-8-11-21-9-4-5-10-21)13-22-19-12-15(20-22)17(24)14-6-2-1-3-7-14/h1-3,6-7,12H,4-5,8-11,13H2,(H,18,23). The van der Waals surface area contributed by atoms with E-state index in [1.807, 2.05) is 6.07 Å². The Hall–Kier alpha value is -2.54. The van der Waals surface area contributed by atoms with Gasteiger partial charge in [0.1, 0.15) is 6.54 Å². The molecule has 2 aromatic rings. The number of nitrogens with zero attached hydrogens (tertiary/aromatic N) is 4. The van der Waals surface area contributed by atoms with E-state index in [1.165, 1.54) is 23.8 Å². The first-order valence-electron chi connectivity index (χ1n) is 8.21. The molecule has 0 atom stereocenters. The van der Waals surface area contributed by atoms with Crippen LogP contribution in [0.25, 0.3) is 0 Å². The summed E-state index contributed by atoms with van der Waals surface area (Å²) in [7, 11) is 0. The quantitative estimate of drug-likeness (QED) is 0.758. The van der Waals surface area contributed by atoms with Crippen molar-refractivity contribution < 1.29 is 9.59 Å². The van der Waals surface area contributed by atoms with Crippen molar-refractivity contribution in [1.29, 1.82) is 0 Å². The Kier molecular flexibility index (Phi) is 5.32. The number of rotatable bonds is 7. The molecule has 7 nitrogen and oxygen atoms in total. The van der Waals surface area contributed by atoms with Gasteiger partial charge in [-0.1, -0.05) is 30.3 Å². The Morgan fingerprint density at radius 2 is 1.88 bits per heavy atom. The van der Waals surface area contributed by atoms with Gasteiger partial charge in [0.05, 0.1) is 6.20 Å². The van der Waals surface area contributed by atoms with Gasteiger partial charge in [0.15, 0.2) is 5.69 Å². The van der Waals surface area contributed by atoms with E-state index < -0.39 is 0 Å². The van der Waals surface area contributed by atoms with E-state index in [1.54, 1.807) is 24.3 Å². The molecule has 1 N–H and O–H groups in total. The lowest BCUT2D eigenvalue weighted by molar-refractivity contribution is -0.122. The number of carbonyl (C=O) groups is 2. The van der Waals surface area contributed by atoms with Gasteiger partial charge in [-0.25, -0.2) is 0 Å². The molecule has 1 aliphatic heterocycles. The number of benzene rings is 1. The summed E-state index contributed by atoms with van der Waals surface area (Å²) in [6.07, 6.45) is 3.87. The zero-order valence-corrected chi connectivity index (χ0v) is 13.5. The number of ketones is 1. The van der Waals surface area contributed by atoms with Crippen molar-refractivity contribution >= 4 is 11.7 Å². The largest absolute Gasteiger partial charge is 0.353 e. The number of nitrogens with one attached hydrogen (secondary N) is 1. The summed E-state index contributed by atoms with van der Waals surface area (Å²) in [5.74, 6) is -0.347. The van der Waals surface area contributed by atoms with Gasteiger partial charge >= 0.3 is 0 Å². The molecule has 1 fully saturated rings. The molecule has 0 saturated carbocycles. The third kappa shape index (κ3) is 4.26. The summed E-state index contributed by atoms with van der Waals surface area (Å²) in [6.45, 7) is 3.73. The molecule has 1 amide bonds. The van der Waals surface area contributed by atoms with Crippen LogP contribution in [0.1, 0.15) is 28.9 Å². The lowest BCUT2D eigenvalue weighted by Crippen LogP contribution is -2.35. The van der Waals surface area contributed by atoms with Gasteiger partial charge < -0.3 is 10.2 Å². The minimum Gasteiger partial charge on any atom is -0.353 e. The molecule has 1 saturated heterocycles. The predicted molar refractivity (Wildman–Crippen MR) is 88.6 cm³/mol. The van der Waals surface area contributed by atoms with Crippen molar-refractivity contribution in [2.45, 2.75) is 19.4 Å². The molecular formula is C17H21N5O2. The van der Waals surface area contributed by atoms with Crippen LogP contribution >= 0.6 is 0 Å². The van der Waals surface area contributed by atoms with Gasteiger partial charge in [-0.05, 0) is 25.9 Å². The summed E-state index contributed by atoms with van der Waals surface area (Å²) >= 11 is 0. The normalized spacial score (nSPS) is 14.7. The van der Waals surface area contributed by atoms with Crippen LogP contribution in [0.15, 0.2) is 36.5 Å². The molecule has 1 aromatic heterocycles. The maximum Gasteiger partial charge on any atom is 0.243 e. The Labute approximate surface area is 140 Å². The predicted octanol–water partition coefficient (Wildman–Crippen LogP) is 0.721. The smallest absolute Gasteiger partial charge is 0.243 e. The number of amides is 1. The Bertz CT molecular complexity index is 692. The van der Waals surface area contributed by atoms with Crippen LogP contribution in [0.5, 0.6) is 0 Å². The summed E-state index contributed by atoms with van der Waals surface area (Å²) in [4.78, 5) is 27.8. The summed E-state index contributed by atoms with van der Waals surface area (Å²) in [5.41, 5.74) is 0.797. The fourth-order valence-corrected chi connectivity index (χ4v) is 2.76. The highest BCUT2D eigenvalue weighted by molar-refractivity contribution is 6.07. The van der Waals surface area contributed by atoms with Crippen molar-refractivity contribution in [3.63, 3.8) is 0 Å². The molecule has 0 aliphatic carbocycles. The molecule has 126 valence electrons. The van der Waals surface area contributed by atoms with Gasteiger partial charge in [0, 0.05) is 18.7 Å². The van der Waals surface area contributed by atoms with Crippen LogP contribution in [-0.4, -0.2) is 57.8 Å². The van der Waals surface area contributed by atoms with Crippen molar-refractivity contribution in [3.05, 3.63) is 47.8 Å². The minimum atomic E-state index is -0.198. The third-order valence-corrected chi connectivity index (χ3v) is 4.04. The van der Waals surface area contributed by atoms with Gasteiger partial charge in [0.2, 0.25) is 11.7 Å². The number of hydrogen-bond acceptors (Lipinski definition) is 5. The molecule has 0 unspecified atom stereocenters. The first-order chi connectivity index (χ1) is 11.7. The van der Waals surface area contributed by atoms with E-state index in [2.05, 4.69) is 20.4 Å². The Morgan fingerprint density at radius 3 is 2.62 bits per heavy atom. The van der Waals surface area contributed by atoms with Crippen molar-refractivity contribution in [3.8, 4) is 0 Å². The average molecular weight is 327 g/mol. The van der Waals surface area contributed by atoms with Crippen LogP contribution in [0.4, 0.5) is 0 Å². The summed E-state index contributed by atoms with van der Waals surface area (Å²) < 4.78 is 0. The summed E-state index contributed by atoms with van der Waals surface area (Å²) in [5, 5.41) is 11.0. The maximum absolute atomic E-state index is 12.2. The maximum atomic E-state index is 12.2. The van der Waals surface area contributed by atoms with Gasteiger partial charge in [-0.3, -0.25) is 9.59 Å². The fourth-order valence-electron chi connectivity index (χ4n) is 2.76. The van der Waals surface area contributed by atoms with Gasteiger partial charge in [-0.15, -0.1) is 5.10 Å². The van der Waals surface area contributed by atoms with Crippen LogP contribution < -0.4 is 5.32 Å². The van der Waals surface area contributed by atoms with E-state index >= 15 is 0 Å². The van der Waals surface area contributed by atoms with E-state index in [0.717, 1.165) is 19.6 Å². The van der Waals surface area contributed by atoms with Gasteiger partial charge in [-0.2, -0.15) is 9.90 Å². The SMILES string of the molecule is O=C(Cn1ncc(C(=O)c2ccccc2)n1)NCCN1CCCC1. The van der Waals surface area contributed by atoms with Crippen LogP contribution in [0, 0.1) is 0 Å². The van der Waals surface area contributed by atoms with Crippen LogP contribution in [0.2, 0.25) is 0 Å². The van der Waals surface area contributed by atoms with Crippen LogP contribution in [-0.2, 0) is 11.3 Å². The number of aromatic nitrogens is 3. The third-order valence-electron chi connectivity index (χ3n) is 4.04. The second-order valence-corrected chi connectivity index (χ2v) is 5.85. The van der Waals surface area contributed by atoms with E-state index in [9.17, 15) is 9.59 Å². The molecule has 0 spiro atoms. The highest BCUT2D eigenvalue weighted by Gasteiger charge is 2.15. The van der Waals surface area contributed by atoms with Crippen molar-refractivity contribution in [1.82, 2.24) is 25.2 Å². The summed E-state index contributed by atoms with van der Waals surface area (Å²) in [6, 6.07) is 8.90.